The lowest BCUT2D eigenvalue weighted by molar-refractivity contribution is 0.239. The summed E-state index contributed by atoms with van der Waals surface area (Å²) in [7, 11) is -11.0. The summed E-state index contributed by atoms with van der Waals surface area (Å²) < 4.78 is 56.7. The van der Waals surface area contributed by atoms with E-state index in [9.17, 15) is 12.3 Å². The van der Waals surface area contributed by atoms with Gasteiger partial charge in [-0.2, -0.15) is 0 Å². The average Bonchev–Trinajstić information content (AvgIpc) is 2.35. The molecule has 0 aliphatic heterocycles. The Balaban J connectivity index is 2.57. The third-order valence-corrected chi connectivity index (χ3v) is 13.1. The van der Waals surface area contributed by atoms with Crippen LogP contribution in [0.5, 0.6) is 0 Å². The van der Waals surface area contributed by atoms with E-state index in [1.807, 2.05) is 0 Å². The van der Waals surface area contributed by atoms with E-state index in [-0.39, 0.29) is 11.6 Å². The molecule has 2 unspecified atom stereocenters. The summed E-state index contributed by atoms with van der Waals surface area (Å²) in [5, 5.41) is 0. The number of halogens is 3. The molecule has 0 amide bonds. The van der Waals surface area contributed by atoms with Gasteiger partial charge in [0.2, 0.25) is 0 Å². The van der Waals surface area contributed by atoms with Crippen molar-refractivity contribution < 1.29 is 24.7 Å². The predicted molar refractivity (Wildman–Crippen MR) is 83.0 cm³/mol. The Morgan fingerprint density at radius 1 is 1.20 bits per heavy atom. The zero-order chi connectivity index (χ0) is 15.2. The van der Waals surface area contributed by atoms with E-state index in [0.717, 1.165) is 32.2 Å². The second kappa shape index (κ2) is 8.24. The summed E-state index contributed by atoms with van der Waals surface area (Å²) in [6, 6.07) is -0.347. The van der Waals surface area contributed by atoms with E-state index in [1.54, 1.807) is 6.92 Å². The van der Waals surface area contributed by atoms with Crippen molar-refractivity contribution in [2.75, 3.05) is 0 Å². The van der Waals surface area contributed by atoms with Crippen molar-refractivity contribution in [2.24, 2.45) is 0 Å². The summed E-state index contributed by atoms with van der Waals surface area (Å²) in [5.74, 6) is 0. The van der Waals surface area contributed by atoms with Gasteiger partial charge in [-0.3, -0.25) is 0 Å². The highest BCUT2D eigenvalue weighted by molar-refractivity contribution is 6.77. The lowest BCUT2D eigenvalue weighted by Gasteiger charge is -2.32. The van der Waals surface area contributed by atoms with Gasteiger partial charge in [-0.05, 0) is 18.4 Å². The van der Waals surface area contributed by atoms with Crippen LogP contribution in [0.1, 0.15) is 45.4 Å². The minimum Gasteiger partial charge on any atom is -0.447 e. The van der Waals surface area contributed by atoms with E-state index in [2.05, 4.69) is 4.12 Å². The van der Waals surface area contributed by atoms with Gasteiger partial charge in [-0.15, -0.1) is 0 Å². The van der Waals surface area contributed by atoms with Crippen LogP contribution in [0.3, 0.4) is 0 Å². The Kier molecular flexibility index (Phi) is 7.66. The van der Waals surface area contributed by atoms with Crippen molar-refractivity contribution in [3.05, 3.63) is 0 Å². The molecule has 120 valence electrons. The van der Waals surface area contributed by atoms with Gasteiger partial charge < -0.3 is 12.3 Å². The first-order valence-electron chi connectivity index (χ1n) is 7.27. The smallest absolute Gasteiger partial charge is 0.447 e. The highest BCUT2D eigenvalue weighted by atomic mass is 28.5. The van der Waals surface area contributed by atoms with Crippen LogP contribution in [0.25, 0.3) is 0 Å². The molecular weight excluding hydrogens is 337 g/mol. The van der Waals surface area contributed by atoms with E-state index in [1.165, 1.54) is 6.42 Å². The largest absolute Gasteiger partial charge is 0.570 e. The molecule has 0 aromatic heterocycles. The molecule has 1 saturated carbocycles. The van der Waals surface area contributed by atoms with Crippen LogP contribution in [-0.4, -0.2) is 37.6 Å². The van der Waals surface area contributed by atoms with Gasteiger partial charge in [0.25, 0.3) is 0 Å². The monoisotopic (exact) mass is 362 g/mol. The summed E-state index contributed by atoms with van der Waals surface area (Å²) in [6.07, 6.45) is 5.59. The summed E-state index contributed by atoms with van der Waals surface area (Å²) in [6.45, 7) is 2.72. The Hall–Kier alpha value is 0.538. The fourth-order valence-corrected chi connectivity index (χ4v) is 12.6. The van der Waals surface area contributed by atoms with Crippen molar-refractivity contribution in [2.45, 2.75) is 63.6 Å². The highest BCUT2D eigenvalue weighted by Crippen LogP contribution is 2.34. The molecule has 0 spiro atoms. The van der Waals surface area contributed by atoms with Gasteiger partial charge in [0, 0.05) is 12.6 Å². The molecule has 1 rings (SSSR count). The lowest BCUT2D eigenvalue weighted by Crippen LogP contribution is -2.49. The third kappa shape index (κ3) is 6.53. The minimum absolute atomic E-state index is 0.244. The van der Waals surface area contributed by atoms with Crippen LogP contribution in [0, 0.1) is 0 Å². The van der Waals surface area contributed by atoms with Crippen molar-refractivity contribution in [1.82, 2.24) is 0 Å². The normalized spacial score (nSPS) is 22.6. The topological polar surface area (TPSA) is 27.7 Å². The van der Waals surface area contributed by atoms with Crippen LogP contribution >= 0.6 is 0 Å². The quantitative estimate of drug-likeness (QED) is 0.491. The van der Waals surface area contributed by atoms with Gasteiger partial charge >= 0.3 is 27.2 Å². The van der Waals surface area contributed by atoms with Crippen molar-refractivity contribution in [3.63, 3.8) is 0 Å². The van der Waals surface area contributed by atoms with Crippen LogP contribution in [-0.2, 0) is 12.3 Å². The Labute approximate surface area is 126 Å². The zero-order valence-electron chi connectivity index (χ0n) is 12.5. The van der Waals surface area contributed by atoms with Crippen molar-refractivity contribution in [3.8, 4) is 0 Å². The molecule has 1 aliphatic carbocycles. The van der Waals surface area contributed by atoms with E-state index >= 15 is 0 Å². The number of hydrogen-bond acceptors (Lipinski definition) is 3. The highest BCUT2D eigenvalue weighted by Gasteiger charge is 2.50. The molecule has 1 aliphatic rings. The summed E-state index contributed by atoms with van der Waals surface area (Å²) >= 11 is 0. The van der Waals surface area contributed by atoms with Gasteiger partial charge in [-0.1, -0.05) is 32.6 Å². The van der Waals surface area contributed by atoms with Crippen LogP contribution in [0.15, 0.2) is 0 Å². The number of hydrogen-bond donors (Lipinski definition) is 0. The first kappa shape index (κ1) is 18.6. The molecule has 0 saturated heterocycles. The van der Waals surface area contributed by atoms with Gasteiger partial charge in [0.1, 0.15) is 10.5 Å². The maximum atomic E-state index is 14.3. The molecule has 10 heteroatoms. The molecule has 0 radical (unpaired) electrons. The maximum absolute atomic E-state index is 14.3. The Bertz CT molecular complexity index is 291. The van der Waals surface area contributed by atoms with Crippen LogP contribution < -0.4 is 0 Å². The van der Waals surface area contributed by atoms with Crippen LogP contribution in [0.2, 0.25) is 18.1 Å². The van der Waals surface area contributed by atoms with Gasteiger partial charge in [0.15, 0.2) is 0 Å². The van der Waals surface area contributed by atoms with Gasteiger partial charge in [-0.25, -0.2) is 12.3 Å². The minimum atomic E-state index is -4.93. The average molecular weight is 363 g/mol. The lowest BCUT2D eigenvalue weighted by atomic mass is 10.0. The standard InChI is InChI=1S/C10H25F3O3Si4/c1-3-9-20(12,13)16-19(2,11)15-18(14-17)10-7-5-4-6-8-10/h10,18H,3-9H2,1-2,17H3. The van der Waals surface area contributed by atoms with Crippen LogP contribution in [0.4, 0.5) is 12.3 Å². The first-order valence-corrected chi connectivity index (χ1v) is 13.8. The fourth-order valence-electron chi connectivity index (χ4n) is 2.58. The Morgan fingerprint density at radius 3 is 2.30 bits per heavy atom. The molecule has 20 heavy (non-hydrogen) atoms. The molecule has 0 aromatic carbocycles. The third-order valence-electron chi connectivity index (χ3n) is 3.47. The second-order valence-electron chi connectivity index (χ2n) is 5.44. The predicted octanol–water partition coefficient (Wildman–Crippen LogP) is 2.70. The molecule has 0 N–H and O–H groups in total. The molecular formula is C10H25F3O3Si4. The van der Waals surface area contributed by atoms with E-state index in [4.69, 9.17) is 8.23 Å². The zero-order valence-corrected chi connectivity index (χ0v) is 17.6. The molecule has 0 heterocycles. The first-order chi connectivity index (χ1) is 9.29. The molecule has 0 bridgehead atoms. The fraction of sp³-hybridized carbons (Fsp3) is 1.00. The molecule has 3 nitrogen and oxygen atoms in total. The summed E-state index contributed by atoms with van der Waals surface area (Å²) in [5.41, 5.74) is 0.244. The van der Waals surface area contributed by atoms with E-state index < -0.39 is 27.2 Å². The summed E-state index contributed by atoms with van der Waals surface area (Å²) in [4.78, 5) is 0. The SMILES string of the molecule is CCC[Si](F)(F)O[Si](C)(F)O[SiH](O[SiH3])C1CCCCC1. The van der Waals surface area contributed by atoms with E-state index in [0.29, 0.717) is 16.9 Å². The second-order valence-corrected chi connectivity index (χ2v) is 14.2. The molecule has 1 fully saturated rings. The Morgan fingerprint density at radius 2 is 1.80 bits per heavy atom. The maximum Gasteiger partial charge on any atom is 0.570 e. The molecule has 0 aromatic rings. The van der Waals surface area contributed by atoms with Crippen molar-refractivity contribution >= 4 is 37.6 Å². The van der Waals surface area contributed by atoms with Gasteiger partial charge in [0.05, 0.1) is 0 Å². The van der Waals surface area contributed by atoms with Crippen molar-refractivity contribution in [1.29, 1.82) is 0 Å². The molecule has 2 atom stereocenters. The number of rotatable bonds is 8.